The maximum Gasteiger partial charge on any atom is 0.414 e. The quantitative estimate of drug-likeness (QED) is 0.751. The summed E-state index contributed by atoms with van der Waals surface area (Å²) < 4.78 is 6.53. The normalized spacial score (nSPS) is 10.5. The molecule has 1 N–H and O–H groups in total. The van der Waals surface area contributed by atoms with Crippen LogP contribution in [-0.4, -0.2) is 27.3 Å². The minimum atomic E-state index is -0.602. The van der Waals surface area contributed by atoms with E-state index in [4.69, 9.17) is 4.74 Å². The molecule has 1 aromatic carbocycles. The van der Waals surface area contributed by atoms with E-state index in [0.29, 0.717) is 4.96 Å². The van der Waals surface area contributed by atoms with Crippen LogP contribution in [0.1, 0.15) is 0 Å². The first kappa shape index (κ1) is 13.3. The highest BCUT2D eigenvalue weighted by Gasteiger charge is 2.13. The molecule has 0 aliphatic rings. The molecule has 0 saturated heterocycles. The molecule has 0 radical (unpaired) electrons. The zero-order valence-electron chi connectivity index (χ0n) is 11.0. The third-order valence-corrected chi connectivity index (χ3v) is 3.51. The van der Waals surface area contributed by atoms with Crippen molar-refractivity contribution in [1.29, 1.82) is 0 Å². The van der Waals surface area contributed by atoms with Crippen LogP contribution in [0.4, 0.5) is 10.7 Å². The van der Waals surface area contributed by atoms with Crippen LogP contribution in [0.25, 0.3) is 16.2 Å². The van der Waals surface area contributed by atoms with E-state index in [9.17, 15) is 4.79 Å². The third-order valence-electron chi connectivity index (χ3n) is 2.70. The van der Waals surface area contributed by atoms with Crippen LogP contribution in [0.5, 0.6) is 0 Å². The van der Waals surface area contributed by atoms with Crippen molar-refractivity contribution in [2.24, 2.45) is 0 Å². The maximum absolute atomic E-state index is 11.5. The molecule has 106 valence electrons. The Morgan fingerprint density at radius 2 is 2.24 bits per heavy atom. The zero-order valence-corrected chi connectivity index (χ0v) is 11.8. The van der Waals surface area contributed by atoms with Crippen molar-refractivity contribution >= 4 is 28.3 Å². The number of benzene rings is 1. The molecule has 7 heteroatoms. The monoisotopic (exact) mass is 300 g/mol. The molecule has 0 unspecified atom stereocenters. The van der Waals surface area contributed by atoms with Crippen LogP contribution >= 0.6 is 11.3 Å². The first-order chi connectivity index (χ1) is 10.3. The highest BCUT2D eigenvalue weighted by molar-refractivity contribution is 7.15. The molecule has 0 aliphatic heterocycles. The molecule has 1 amide bonds. The SMILES string of the molecule is C=CCOC(=O)Nc1nc2scc(-c3ccccc3)n2n1. The van der Waals surface area contributed by atoms with Gasteiger partial charge in [-0.05, 0) is 0 Å². The van der Waals surface area contributed by atoms with Crippen molar-refractivity contribution in [1.82, 2.24) is 14.6 Å². The molecule has 3 rings (SSSR count). The van der Waals surface area contributed by atoms with Gasteiger partial charge in [-0.2, -0.15) is 4.98 Å². The lowest BCUT2D eigenvalue weighted by Gasteiger charge is -2.00. The van der Waals surface area contributed by atoms with E-state index in [1.165, 1.54) is 17.4 Å². The van der Waals surface area contributed by atoms with E-state index >= 15 is 0 Å². The van der Waals surface area contributed by atoms with Crippen LogP contribution in [0.3, 0.4) is 0 Å². The smallest absolute Gasteiger partial charge is 0.414 e. The summed E-state index contributed by atoms with van der Waals surface area (Å²) in [5.41, 5.74) is 1.96. The van der Waals surface area contributed by atoms with Crippen molar-refractivity contribution in [2.75, 3.05) is 11.9 Å². The van der Waals surface area contributed by atoms with Gasteiger partial charge >= 0.3 is 6.09 Å². The Balaban J connectivity index is 1.86. The van der Waals surface area contributed by atoms with Gasteiger partial charge in [-0.3, -0.25) is 5.32 Å². The second-order valence-corrected chi connectivity index (χ2v) is 4.97. The Labute approximate surface area is 124 Å². The molecule has 21 heavy (non-hydrogen) atoms. The van der Waals surface area contributed by atoms with E-state index in [0.717, 1.165) is 11.3 Å². The molecule has 0 aliphatic carbocycles. The first-order valence-corrected chi connectivity index (χ1v) is 7.10. The summed E-state index contributed by atoms with van der Waals surface area (Å²) in [4.78, 5) is 16.4. The topological polar surface area (TPSA) is 68.5 Å². The number of nitrogens with zero attached hydrogens (tertiary/aromatic N) is 3. The summed E-state index contributed by atoms with van der Waals surface area (Å²) in [5.74, 6) is 0.216. The third kappa shape index (κ3) is 2.77. The van der Waals surface area contributed by atoms with E-state index in [1.54, 1.807) is 4.52 Å². The lowest BCUT2D eigenvalue weighted by atomic mass is 10.2. The van der Waals surface area contributed by atoms with Crippen molar-refractivity contribution in [3.05, 3.63) is 48.4 Å². The molecular weight excluding hydrogens is 288 g/mol. The second kappa shape index (κ2) is 5.76. The Hall–Kier alpha value is -2.67. The highest BCUT2D eigenvalue weighted by Crippen LogP contribution is 2.25. The number of rotatable bonds is 4. The average molecular weight is 300 g/mol. The van der Waals surface area contributed by atoms with Gasteiger partial charge in [-0.1, -0.05) is 43.0 Å². The number of thiazole rings is 1. The molecule has 0 fully saturated rings. The van der Waals surface area contributed by atoms with Gasteiger partial charge in [0.25, 0.3) is 5.95 Å². The maximum atomic E-state index is 11.5. The fourth-order valence-corrected chi connectivity index (χ4v) is 2.63. The number of carbonyl (C=O) groups excluding carboxylic acids is 1. The fraction of sp³-hybridized carbons (Fsp3) is 0.0714. The van der Waals surface area contributed by atoms with Gasteiger partial charge < -0.3 is 4.74 Å². The summed E-state index contributed by atoms with van der Waals surface area (Å²) >= 11 is 1.46. The van der Waals surface area contributed by atoms with Gasteiger partial charge in [0.1, 0.15) is 6.61 Å². The second-order valence-electron chi connectivity index (χ2n) is 4.13. The lowest BCUT2D eigenvalue weighted by molar-refractivity contribution is 0.174. The molecule has 0 spiro atoms. The number of nitrogens with one attached hydrogen (secondary N) is 1. The fourth-order valence-electron chi connectivity index (χ4n) is 1.80. The number of hydrogen-bond acceptors (Lipinski definition) is 5. The Morgan fingerprint density at radius 3 is 3.00 bits per heavy atom. The zero-order chi connectivity index (χ0) is 14.7. The minimum absolute atomic E-state index is 0.142. The van der Waals surface area contributed by atoms with Gasteiger partial charge in [0.15, 0.2) is 0 Å². The molecule has 0 bridgehead atoms. The summed E-state index contributed by atoms with van der Waals surface area (Å²) in [6, 6.07) is 9.86. The predicted molar refractivity (Wildman–Crippen MR) is 81.5 cm³/mol. The van der Waals surface area contributed by atoms with Gasteiger partial charge in [-0.15, -0.1) is 16.4 Å². The van der Waals surface area contributed by atoms with E-state index < -0.39 is 6.09 Å². The predicted octanol–water partition coefficient (Wildman–Crippen LogP) is 3.19. The highest BCUT2D eigenvalue weighted by atomic mass is 32.1. The van der Waals surface area contributed by atoms with E-state index in [-0.39, 0.29) is 12.6 Å². The van der Waals surface area contributed by atoms with Crippen molar-refractivity contribution in [3.8, 4) is 11.3 Å². The number of anilines is 1. The summed E-state index contributed by atoms with van der Waals surface area (Å²) in [6.45, 7) is 3.61. The molecule has 2 aromatic heterocycles. The van der Waals surface area contributed by atoms with Crippen LogP contribution in [0, 0.1) is 0 Å². The Morgan fingerprint density at radius 1 is 1.43 bits per heavy atom. The van der Waals surface area contributed by atoms with Crippen LogP contribution < -0.4 is 5.32 Å². The molecular formula is C14H12N4O2S. The Bertz CT molecular complexity index is 779. The standard InChI is InChI=1S/C14H12N4O2S/c1-2-8-20-14(19)16-12-15-13-18(17-12)11(9-21-13)10-6-4-3-5-7-10/h2-7,9H,1,8H2,(H,16,17,19). The number of hydrogen-bond donors (Lipinski definition) is 1. The van der Waals surface area contributed by atoms with E-state index in [2.05, 4.69) is 22.0 Å². The number of amides is 1. The van der Waals surface area contributed by atoms with Crippen molar-refractivity contribution in [2.45, 2.75) is 0 Å². The molecule has 0 atom stereocenters. The first-order valence-electron chi connectivity index (χ1n) is 6.22. The largest absolute Gasteiger partial charge is 0.445 e. The van der Waals surface area contributed by atoms with Crippen LogP contribution in [-0.2, 0) is 4.74 Å². The van der Waals surface area contributed by atoms with Gasteiger partial charge in [0, 0.05) is 10.9 Å². The van der Waals surface area contributed by atoms with Gasteiger partial charge in [0.2, 0.25) is 4.96 Å². The van der Waals surface area contributed by atoms with Gasteiger partial charge in [0.05, 0.1) is 5.69 Å². The van der Waals surface area contributed by atoms with Crippen molar-refractivity contribution < 1.29 is 9.53 Å². The summed E-state index contributed by atoms with van der Waals surface area (Å²) in [5, 5.41) is 8.74. The lowest BCUT2D eigenvalue weighted by Crippen LogP contribution is -2.14. The molecule has 0 saturated carbocycles. The molecule has 6 nitrogen and oxygen atoms in total. The minimum Gasteiger partial charge on any atom is -0.445 e. The number of ether oxygens (including phenoxy) is 1. The molecule has 3 aromatic rings. The van der Waals surface area contributed by atoms with Crippen molar-refractivity contribution in [3.63, 3.8) is 0 Å². The van der Waals surface area contributed by atoms with Gasteiger partial charge in [-0.25, -0.2) is 9.31 Å². The molecule has 2 heterocycles. The van der Waals surface area contributed by atoms with Crippen LogP contribution in [0.15, 0.2) is 48.4 Å². The summed E-state index contributed by atoms with van der Waals surface area (Å²) in [6.07, 6.45) is 0.890. The summed E-state index contributed by atoms with van der Waals surface area (Å²) in [7, 11) is 0. The Kier molecular flexibility index (Phi) is 3.65. The number of fused-ring (bicyclic) bond motifs is 1. The van der Waals surface area contributed by atoms with Crippen LogP contribution in [0.2, 0.25) is 0 Å². The number of aromatic nitrogens is 3. The average Bonchev–Trinajstić information content (AvgIpc) is 3.05. The number of carbonyl (C=O) groups is 1. The van der Waals surface area contributed by atoms with E-state index in [1.807, 2.05) is 35.7 Å².